The molecule has 2 heterocycles. The summed E-state index contributed by atoms with van der Waals surface area (Å²) >= 11 is 0. The zero-order valence-corrected chi connectivity index (χ0v) is 14.6. The fourth-order valence-electron chi connectivity index (χ4n) is 3.32. The van der Waals surface area contributed by atoms with Crippen LogP contribution in [0.5, 0.6) is 0 Å². The summed E-state index contributed by atoms with van der Waals surface area (Å²) in [6.45, 7) is 3.70. The maximum atomic E-state index is 13.4. The van der Waals surface area contributed by atoms with Gasteiger partial charge in [0, 0.05) is 44.3 Å². The summed E-state index contributed by atoms with van der Waals surface area (Å²) in [6.07, 6.45) is 0. The lowest BCUT2D eigenvalue weighted by molar-refractivity contribution is 0.103. The van der Waals surface area contributed by atoms with Crippen LogP contribution in [0.1, 0.15) is 27.6 Å². The van der Waals surface area contributed by atoms with Crippen molar-refractivity contribution in [2.24, 2.45) is 0 Å². The maximum absolute atomic E-state index is 13.4. The van der Waals surface area contributed by atoms with E-state index in [9.17, 15) is 4.79 Å². The van der Waals surface area contributed by atoms with Gasteiger partial charge < -0.3 is 11.5 Å². The number of carbonyl (C=O) groups excluding carboxylic acids is 1. The normalized spacial score (nSPS) is 11.2. The lowest BCUT2D eigenvalue weighted by Crippen LogP contribution is -2.10. The number of carbonyl (C=O) groups is 1. The topological polar surface area (TPSA) is 94.9 Å². The molecule has 5 nitrogen and oxygen atoms in total. The molecule has 0 fully saturated rings. The van der Waals surface area contributed by atoms with E-state index in [-0.39, 0.29) is 5.78 Å². The third-order valence-electron chi connectivity index (χ3n) is 4.50. The minimum atomic E-state index is -0.233. The number of aromatic nitrogens is 2. The van der Waals surface area contributed by atoms with Crippen LogP contribution in [0.3, 0.4) is 0 Å². The molecule has 0 amide bonds. The van der Waals surface area contributed by atoms with Gasteiger partial charge in [-0.1, -0.05) is 24.3 Å². The van der Waals surface area contributed by atoms with Crippen LogP contribution in [-0.2, 0) is 0 Å². The molecule has 0 bridgehead atoms. The van der Waals surface area contributed by atoms with E-state index in [1.807, 2.05) is 62.4 Å². The summed E-state index contributed by atoms with van der Waals surface area (Å²) in [7, 11) is 0. The Morgan fingerprint density at radius 2 is 1.15 bits per heavy atom. The lowest BCUT2D eigenvalue weighted by Gasteiger charge is -2.11. The summed E-state index contributed by atoms with van der Waals surface area (Å²) in [5.74, 6) is -0.233. The molecule has 0 aliphatic carbocycles. The number of hydrogen-bond donors (Lipinski definition) is 2. The Hall–Kier alpha value is -3.47. The lowest BCUT2D eigenvalue weighted by atomic mass is 9.99. The molecule has 128 valence electrons. The van der Waals surface area contributed by atoms with Gasteiger partial charge >= 0.3 is 0 Å². The molecule has 0 spiro atoms. The molecule has 2 aromatic carbocycles. The molecule has 2 aromatic heterocycles. The second-order valence-corrected chi connectivity index (χ2v) is 6.44. The molecule has 0 atom stereocenters. The highest BCUT2D eigenvalue weighted by Gasteiger charge is 2.20. The van der Waals surface area contributed by atoms with Crippen molar-refractivity contribution in [2.75, 3.05) is 11.5 Å². The molecule has 4 aromatic rings. The van der Waals surface area contributed by atoms with Crippen LogP contribution in [0.2, 0.25) is 0 Å². The first kappa shape index (κ1) is 16.0. The first-order valence-corrected chi connectivity index (χ1v) is 8.32. The van der Waals surface area contributed by atoms with Crippen molar-refractivity contribution in [3.8, 4) is 0 Å². The number of anilines is 2. The van der Waals surface area contributed by atoms with Crippen LogP contribution in [0, 0.1) is 13.8 Å². The number of ketones is 1. The molecule has 0 saturated heterocycles. The molecule has 0 saturated carbocycles. The molecule has 0 unspecified atom stereocenters. The van der Waals surface area contributed by atoms with E-state index in [1.165, 1.54) is 0 Å². The third kappa shape index (κ3) is 2.45. The Balaban J connectivity index is 2.04. The summed E-state index contributed by atoms with van der Waals surface area (Å²) in [5.41, 5.74) is 15.6. The van der Waals surface area contributed by atoms with Crippen molar-refractivity contribution in [3.63, 3.8) is 0 Å². The fraction of sp³-hybridized carbons (Fsp3) is 0.0952. The van der Waals surface area contributed by atoms with Gasteiger partial charge in [0.15, 0.2) is 0 Å². The number of fused-ring (bicyclic) bond motifs is 2. The van der Waals surface area contributed by atoms with Crippen molar-refractivity contribution >= 4 is 38.7 Å². The highest BCUT2D eigenvalue weighted by molar-refractivity contribution is 6.20. The highest BCUT2D eigenvalue weighted by atomic mass is 16.1. The van der Waals surface area contributed by atoms with Crippen molar-refractivity contribution in [3.05, 3.63) is 71.3 Å². The van der Waals surface area contributed by atoms with E-state index < -0.39 is 0 Å². The Bertz CT molecular complexity index is 1100. The number of nitrogens with zero attached hydrogens (tertiary/aromatic N) is 2. The molecule has 0 radical (unpaired) electrons. The van der Waals surface area contributed by atoms with E-state index in [0.717, 1.165) is 32.9 Å². The molecule has 0 aliphatic heterocycles. The average Bonchev–Trinajstić information content (AvgIpc) is 2.61. The quantitative estimate of drug-likeness (QED) is 0.427. The van der Waals surface area contributed by atoms with E-state index in [1.54, 1.807) is 0 Å². The number of nitrogen functional groups attached to an aromatic ring is 2. The molecular weight excluding hydrogens is 324 g/mol. The first-order valence-electron chi connectivity index (χ1n) is 8.32. The monoisotopic (exact) mass is 342 g/mol. The van der Waals surface area contributed by atoms with Gasteiger partial charge in [0.2, 0.25) is 5.78 Å². The number of nitrogens with two attached hydrogens (primary N) is 2. The first-order chi connectivity index (χ1) is 12.5. The largest absolute Gasteiger partial charge is 0.398 e. The zero-order chi connectivity index (χ0) is 18.4. The van der Waals surface area contributed by atoms with Gasteiger partial charge in [-0.25, -0.2) is 9.97 Å². The molecular formula is C21H18N4O. The number of hydrogen-bond acceptors (Lipinski definition) is 5. The second-order valence-electron chi connectivity index (χ2n) is 6.44. The summed E-state index contributed by atoms with van der Waals surface area (Å²) < 4.78 is 0. The van der Waals surface area contributed by atoms with E-state index in [2.05, 4.69) is 9.97 Å². The SMILES string of the molecule is Cc1cc2c(N)cccc2c(C(=O)c2nc(C)cc3c(N)cccc23)n1. The predicted molar refractivity (Wildman–Crippen MR) is 105 cm³/mol. The Morgan fingerprint density at radius 1 is 0.731 bits per heavy atom. The average molecular weight is 342 g/mol. The van der Waals surface area contributed by atoms with E-state index >= 15 is 0 Å². The summed E-state index contributed by atoms with van der Waals surface area (Å²) in [4.78, 5) is 22.4. The molecule has 0 aliphatic rings. The molecule has 26 heavy (non-hydrogen) atoms. The summed E-state index contributed by atoms with van der Waals surface area (Å²) in [5, 5.41) is 3.08. The zero-order valence-electron chi connectivity index (χ0n) is 14.6. The van der Waals surface area contributed by atoms with E-state index in [4.69, 9.17) is 11.5 Å². The maximum Gasteiger partial charge on any atom is 0.230 e. The number of benzene rings is 2. The fourth-order valence-corrected chi connectivity index (χ4v) is 3.32. The van der Waals surface area contributed by atoms with Crippen molar-refractivity contribution < 1.29 is 4.79 Å². The van der Waals surface area contributed by atoms with Crippen molar-refractivity contribution in [1.29, 1.82) is 0 Å². The number of pyridine rings is 2. The van der Waals surface area contributed by atoms with Crippen LogP contribution >= 0.6 is 0 Å². The van der Waals surface area contributed by atoms with Crippen molar-refractivity contribution in [2.45, 2.75) is 13.8 Å². The van der Waals surface area contributed by atoms with Gasteiger partial charge in [0.05, 0.1) is 0 Å². The Kier molecular flexibility index (Phi) is 3.58. The van der Waals surface area contributed by atoms with Crippen LogP contribution in [0.4, 0.5) is 11.4 Å². The van der Waals surface area contributed by atoms with Gasteiger partial charge in [0.25, 0.3) is 0 Å². The van der Waals surface area contributed by atoms with Gasteiger partial charge in [0.1, 0.15) is 11.4 Å². The van der Waals surface area contributed by atoms with Gasteiger partial charge in [-0.05, 0) is 38.1 Å². The Morgan fingerprint density at radius 3 is 1.58 bits per heavy atom. The van der Waals surface area contributed by atoms with Crippen LogP contribution in [0.25, 0.3) is 21.5 Å². The van der Waals surface area contributed by atoms with Crippen LogP contribution < -0.4 is 11.5 Å². The van der Waals surface area contributed by atoms with Gasteiger partial charge in [-0.2, -0.15) is 0 Å². The standard InChI is InChI=1S/C21H18N4O/c1-11-9-15-13(5-3-7-17(15)22)19(24-11)21(26)20-14-6-4-8-18(23)16(14)10-12(2)25-20/h3-10H,22-23H2,1-2H3. The van der Waals surface area contributed by atoms with Gasteiger partial charge in [-0.3, -0.25) is 4.79 Å². The smallest absolute Gasteiger partial charge is 0.230 e. The summed E-state index contributed by atoms with van der Waals surface area (Å²) in [6, 6.07) is 14.8. The molecule has 5 heteroatoms. The molecule has 4 N–H and O–H groups in total. The predicted octanol–water partition coefficient (Wildman–Crippen LogP) is 3.80. The minimum Gasteiger partial charge on any atom is -0.398 e. The van der Waals surface area contributed by atoms with Crippen LogP contribution in [-0.4, -0.2) is 15.8 Å². The Labute approximate surface area is 150 Å². The van der Waals surface area contributed by atoms with E-state index in [0.29, 0.717) is 22.8 Å². The number of aryl methyl sites for hydroxylation is 2. The minimum absolute atomic E-state index is 0.233. The molecule has 4 rings (SSSR count). The van der Waals surface area contributed by atoms with Crippen LogP contribution in [0.15, 0.2) is 48.5 Å². The third-order valence-corrected chi connectivity index (χ3v) is 4.50. The van der Waals surface area contributed by atoms with Gasteiger partial charge in [-0.15, -0.1) is 0 Å². The number of rotatable bonds is 2. The van der Waals surface area contributed by atoms with Crippen molar-refractivity contribution in [1.82, 2.24) is 9.97 Å². The second kappa shape index (κ2) is 5.81. The highest BCUT2D eigenvalue weighted by Crippen LogP contribution is 2.29.